The van der Waals surface area contributed by atoms with Crippen LogP contribution in [-0.4, -0.2) is 97.6 Å². The van der Waals surface area contributed by atoms with Gasteiger partial charge in [0.15, 0.2) is 0 Å². The molecule has 3 aromatic rings. The molecule has 3 aromatic carbocycles. The number of amides is 6. The maximum Gasteiger partial charge on any atom is 0.416 e. The van der Waals surface area contributed by atoms with E-state index in [1.54, 1.807) is 51.3 Å². The maximum atomic E-state index is 13.8. The van der Waals surface area contributed by atoms with Crippen LogP contribution in [0.15, 0.2) is 48.5 Å². The SMILES string of the molecule is CC(C)(C)OC(=O)N1CCN(c2c(N)cc(C(F)(F)F)cc2NC(=O)Nc2ccc(NC(=O)Nc3cc(C(F)(F)F)cc(N)c3N3CCN(C(=O)OC(C)(C)C)CC3)cc2)CC1. The fraction of sp³-hybridized carbons (Fsp3) is 0.450. The average molecular weight is 881 g/mol. The first-order valence-corrected chi connectivity index (χ1v) is 19.4. The second-order valence-corrected chi connectivity index (χ2v) is 16.6. The van der Waals surface area contributed by atoms with Gasteiger partial charge in [-0.2, -0.15) is 26.3 Å². The summed E-state index contributed by atoms with van der Waals surface area (Å²) >= 11 is 0. The number of nitrogens with one attached hydrogen (secondary N) is 4. The minimum atomic E-state index is -4.79. The van der Waals surface area contributed by atoms with Crippen molar-refractivity contribution in [1.82, 2.24) is 9.80 Å². The van der Waals surface area contributed by atoms with Gasteiger partial charge in [-0.05, 0) is 90.1 Å². The smallest absolute Gasteiger partial charge is 0.416 e. The summed E-state index contributed by atoms with van der Waals surface area (Å²) in [6.45, 7) is 11.7. The number of hydrogen-bond donors (Lipinski definition) is 6. The van der Waals surface area contributed by atoms with Gasteiger partial charge in [-0.25, -0.2) is 19.2 Å². The number of rotatable bonds is 6. The molecule has 0 spiro atoms. The lowest BCUT2D eigenvalue weighted by Gasteiger charge is -2.38. The van der Waals surface area contributed by atoms with Crippen molar-refractivity contribution in [2.75, 3.05) is 94.9 Å². The Bertz CT molecular complexity index is 1990. The van der Waals surface area contributed by atoms with Crippen molar-refractivity contribution in [3.8, 4) is 0 Å². The number of ether oxygens (including phenoxy) is 2. The molecule has 5 rings (SSSR count). The van der Waals surface area contributed by atoms with Crippen molar-refractivity contribution < 1.29 is 55.0 Å². The highest BCUT2D eigenvalue weighted by molar-refractivity contribution is 6.05. The molecule has 0 unspecified atom stereocenters. The fourth-order valence-corrected chi connectivity index (χ4v) is 6.62. The molecule has 0 aliphatic carbocycles. The number of benzene rings is 3. The Hall–Kier alpha value is -6.48. The second-order valence-electron chi connectivity index (χ2n) is 16.6. The Morgan fingerprint density at radius 2 is 0.823 bits per heavy atom. The van der Waals surface area contributed by atoms with E-state index in [1.807, 2.05) is 0 Å². The lowest BCUT2D eigenvalue weighted by Crippen LogP contribution is -2.50. The molecule has 0 atom stereocenters. The molecule has 2 aliphatic rings. The van der Waals surface area contributed by atoms with Crippen LogP contribution in [0.25, 0.3) is 0 Å². The van der Waals surface area contributed by atoms with Crippen molar-refractivity contribution in [1.29, 1.82) is 0 Å². The average Bonchev–Trinajstić information content (AvgIpc) is 3.13. The number of carbonyl (C=O) groups is 4. The number of nitrogens with two attached hydrogens (primary N) is 2. The molecule has 16 nitrogen and oxygen atoms in total. The molecule has 2 aliphatic heterocycles. The zero-order chi connectivity index (χ0) is 45.9. The fourth-order valence-electron chi connectivity index (χ4n) is 6.62. The largest absolute Gasteiger partial charge is 0.444 e. The van der Waals surface area contributed by atoms with Crippen molar-refractivity contribution in [3.63, 3.8) is 0 Å². The van der Waals surface area contributed by atoms with Crippen LogP contribution in [0, 0.1) is 0 Å². The van der Waals surface area contributed by atoms with Crippen LogP contribution < -0.4 is 42.5 Å². The highest BCUT2D eigenvalue weighted by Crippen LogP contribution is 2.42. The van der Waals surface area contributed by atoms with Gasteiger partial charge in [0.2, 0.25) is 0 Å². The van der Waals surface area contributed by atoms with Crippen LogP contribution in [-0.2, 0) is 21.8 Å². The van der Waals surface area contributed by atoms with Crippen LogP contribution in [0.5, 0.6) is 0 Å². The summed E-state index contributed by atoms with van der Waals surface area (Å²) in [6.07, 6.45) is -10.7. The van der Waals surface area contributed by atoms with Gasteiger partial charge in [0, 0.05) is 63.7 Å². The molecule has 22 heteroatoms. The lowest BCUT2D eigenvalue weighted by atomic mass is 10.1. The van der Waals surface area contributed by atoms with E-state index in [2.05, 4.69) is 21.3 Å². The number of nitrogens with zero attached hydrogens (tertiary/aromatic N) is 4. The van der Waals surface area contributed by atoms with Crippen molar-refractivity contribution >= 4 is 69.7 Å². The van der Waals surface area contributed by atoms with Crippen LogP contribution in [0.4, 0.5) is 91.0 Å². The van der Waals surface area contributed by atoms with Gasteiger partial charge in [0.1, 0.15) is 11.2 Å². The van der Waals surface area contributed by atoms with E-state index in [9.17, 15) is 45.5 Å². The van der Waals surface area contributed by atoms with Crippen molar-refractivity contribution in [2.45, 2.75) is 65.1 Å². The van der Waals surface area contributed by atoms with Crippen LogP contribution >= 0.6 is 0 Å². The summed E-state index contributed by atoms with van der Waals surface area (Å²) in [5.41, 5.74) is 8.17. The topological polar surface area (TPSA) is 200 Å². The van der Waals surface area contributed by atoms with Gasteiger partial charge in [-0.3, -0.25) is 0 Å². The molecular weight excluding hydrogens is 830 g/mol. The van der Waals surface area contributed by atoms with E-state index >= 15 is 0 Å². The summed E-state index contributed by atoms with van der Waals surface area (Å²) < 4.78 is 93.9. The Morgan fingerprint density at radius 3 is 1.10 bits per heavy atom. The van der Waals surface area contributed by atoms with E-state index in [-0.39, 0.29) is 97.9 Å². The number of nitrogen functional groups attached to an aromatic ring is 2. The third kappa shape index (κ3) is 12.3. The predicted molar refractivity (Wildman–Crippen MR) is 223 cm³/mol. The third-order valence-electron chi connectivity index (χ3n) is 9.33. The summed E-state index contributed by atoms with van der Waals surface area (Å²) in [7, 11) is 0. The number of halogens is 6. The minimum Gasteiger partial charge on any atom is -0.444 e. The monoisotopic (exact) mass is 880 g/mol. The molecule has 0 radical (unpaired) electrons. The first-order valence-electron chi connectivity index (χ1n) is 19.4. The van der Waals surface area contributed by atoms with Gasteiger partial charge in [-0.1, -0.05) is 0 Å². The standard InChI is InChI=1S/C40H50F6N10O6/c1-37(2,3)61-35(59)55-15-11-53(12-16-55)31-27(47)19-23(39(41,42)43)21-29(31)51-33(57)49-25-7-9-26(10-8-25)50-34(58)52-30-22-24(40(44,45)46)20-28(48)32(30)54-13-17-56(18-14-54)36(60)62-38(4,5)6/h7-10,19-22H,11-18,47-48H2,1-6H3,(H2,49,51,57)(H2,50,52,58). The van der Waals surface area contributed by atoms with Crippen molar-refractivity contribution in [3.05, 3.63) is 59.7 Å². The Labute approximate surface area is 353 Å². The Morgan fingerprint density at radius 1 is 0.516 bits per heavy atom. The molecule has 2 fully saturated rings. The number of anilines is 8. The van der Waals surface area contributed by atoms with Gasteiger partial charge in [0.05, 0.1) is 45.3 Å². The minimum absolute atomic E-state index is 0.122. The molecule has 2 saturated heterocycles. The predicted octanol–water partition coefficient (Wildman–Crippen LogP) is 8.29. The number of carbonyl (C=O) groups excluding carboxylic acids is 4. The van der Waals surface area contributed by atoms with Gasteiger partial charge >= 0.3 is 36.6 Å². The highest BCUT2D eigenvalue weighted by Gasteiger charge is 2.36. The first-order chi connectivity index (χ1) is 28.7. The van der Waals surface area contributed by atoms with Crippen LogP contribution in [0.1, 0.15) is 52.7 Å². The number of urea groups is 2. The molecule has 2 heterocycles. The highest BCUT2D eigenvalue weighted by atomic mass is 19.4. The van der Waals surface area contributed by atoms with Gasteiger partial charge < -0.3 is 61.8 Å². The van der Waals surface area contributed by atoms with E-state index in [0.717, 1.165) is 24.3 Å². The molecule has 6 amide bonds. The summed E-state index contributed by atoms with van der Waals surface area (Å²) in [5, 5.41) is 9.90. The van der Waals surface area contributed by atoms with E-state index in [0.29, 0.717) is 0 Å². The maximum absolute atomic E-state index is 13.8. The van der Waals surface area contributed by atoms with Gasteiger partial charge in [-0.15, -0.1) is 0 Å². The Balaban J connectivity index is 1.26. The number of alkyl halides is 6. The summed E-state index contributed by atoms with van der Waals surface area (Å²) in [4.78, 5) is 57.8. The van der Waals surface area contributed by atoms with E-state index in [4.69, 9.17) is 20.9 Å². The zero-order valence-electron chi connectivity index (χ0n) is 34.9. The van der Waals surface area contributed by atoms with Crippen molar-refractivity contribution in [2.24, 2.45) is 0 Å². The molecule has 0 saturated carbocycles. The van der Waals surface area contributed by atoms with E-state index < -0.39 is 58.9 Å². The zero-order valence-corrected chi connectivity index (χ0v) is 34.9. The molecule has 62 heavy (non-hydrogen) atoms. The second kappa shape index (κ2) is 17.9. The number of piperazine rings is 2. The summed E-state index contributed by atoms with van der Waals surface area (Å²) in [6, 6.07) is 6.63. The molecule has 0 bridgehead atoms. The molecular formula is C40H50F6N10O6. The van der Waals surface area contributed by atoms with Crippen LogP contribution in [0.3, 0.4) is 0 Å². The molecule has 338 valence electrons. The summed E-state index contributed by atoms with van der Waals surface area (Å²) in [5.74, 6) is 0. The molecule has 8 N–H and O–H groups in total. The quantitative estimate of drug-likeness (QED) is 0.103. The lowest BCUT2D eigenvalue weighted by molar-refractivity contribution is -0.138. The van der Waals surface area contributed by atoms with Crippen LogP contribution in [0.2, 0.25) is 0 Å². The first kappa shape index (κ1) is 46.6. The van der Waals surface area contributed by atoms with E-state index in [1.165, 1.54) is 34.1 Å². The number of hydrogen-bond acceptors (Lipinski definition) is 10. The van der Waals surface area contributed by atoms with Gasteiger partial charge in [0.25, 0.3) is 0 Å². The Kier molecular flexibility index (Phi) is 13.4. The normalized spacial score (nSPS) is 15.2. The molecule has 0 aromatic heterocycles. The third-order valence-corrected chi connectivity index (χ3v) is 9.33.